The van der Waals surface area contributed by atoms with E-state index >= 15 is 0 Å². The Bertz CT molecular complexity index is 498. The molecule has 0 saturated carbocycles. The van der Waals surface area contributed by atoms with Gasteiger partial charge in [-0.05, 0) is 44.7 Å². The summed E-state index contributed by atoms with van der Waals surface area (Å²) in [6.07, 6.45) is 3.51. The van der Waals surface area contributed by atoms with Gasteiger partial charge in [-0.15, -0.1) is 0 Å². The van der Waals surface area contributed by atoms with Gasteiger partial charge in [-0.3, -0.25) is 4.79 Å². The molecule has 0 bridgehead atoms. The first-order valence-corrected chi connectivity index (χ1v) is 7.38. The molecule has 1 fully saturated rings. The first-order chi connectivity index (χ1) is 10.1. The van der Waals surface area contributed by atoms with E-state index in [-0.39, 0.29) is 18.5 Å². The molecule has 6 heteroatoms. The molecular weight excluding hydrogens is 272 g/mol. The highest BCUT2D eigenvalue weighted by Gasteiger charge is 2.26. The van der Waals surface area contributed by atoms with E-state index in [1.165, 1.54) is 0 Å². The number of carboxylic acid groups (broad SMARTS) is 1. The fourth-order valence-corrected chi connectivity index (χ4v) is 2.70. The molecule has 0 aliphatic carbocycles. The van der Waals surface area contributed by atoms with Crippen molar-refractivity contribution < 1.29 is 19.1 Å². The molecule has 0 radical (unpaired) electrons. The Hall–Kier alpha value is -1.98. The van der Waals surface area contributed by atoms with Crippen molar-refractivity contribution in [3.05, 3.63) is 23.7 Å². The summed E-state index contributed by atoms with van der Waals surface area (Å²) in [5.41, 5.74) is 0. The standard InChI is InChI=1S/C15H22N2O4/c1-11-5-7-13(21-11)10-16-15(20)17-9-3-2-4-12(17)6-8-14(18)19/h5,7,12H,2-4,6,8-10H2,1H3,(H,16,20)(H,18,19). The van der Waals surface area contributed by atoms with Gasteiger partial charge in [-0.1, -0.05) is 0 Å². The number of hydrogen-bond acceptors (Lipinski definition) is 3. The predicted octanol–water partition coefficient (Wildman–Crippen LogP) is 2.52. The van der Waals surface area contributed by atoms with Gasteiger partial charge >= 0.3 is 12.0 Å². The Balaban J connectivity index is 1.87. The molecule has 2 heterocycles. The minimum atomic E-state index is -0.813. The van der Waals surface area contributed by atoms with Crippen molar-refractivity contribution in [2.75, 3.05) is 6.54 Å². The van der Waals surface area contributed by atoms with E-state index in [4.69, 9.17) is 9.52 Å². The van der Waals surface area contributed by atoms with E-state index < -0.39 is 5.97 Å². The second kappa shape index (κ2) is 7.15. The lowest BCUT2D eigenvalue weighted by molar-refractivity contribution is -0.137. The Morgan fingerprint density at radius 1 is 1.43 bits per heavy atom. The van der Waals surface area contributed by atoms with E-state index in [9.17, 15) is 9.59 Å². The SMILES string of the molecule is Cc1ccc(CNC(=O)N2CCCCC2CCC(=O)O)o1. The molecule has 2 rings (SSSR count). The summed E-state index contributed by atoms with van der Waals surface area (Å²) >= 11 is 0. The van der Waals surface area contributed by atoms with E-state index in [0.717, 1.165) is 30.8 Å². The summed E-state index contributed by atoms with van der Waals surface area (Å²) < 4.78 is 5.42. The van der Waals surface area contributed by atoms with Gasteiger partial charge in [0.25, 0.3) is 0 Å². The minimum Gasteiger partial charge on any atom is -0.481 e. The molecule has 1 saturated heterocycles. The molecule has 2 amide bonds. The van der Waals surface area contributed by atoms with Crippen molar-refractivity contribution in [2.45, 2.75) is 51.6 Å². The second-order valence-corrected chi connectivity index (χ2v) is 5.45. The lowest BCUT2D eigenvalue weighted by Crippen LogP contribution is -2.48. The molecule has 6 nitrogen and oxygen atoms in total. The zero-order valence-electron chi connectivity index (χ0n) is 12.3. The highest BCUT2D eigenvalue weighted by atomic mass is 16.4. The molecule has 0 spiro atoms. The van der Waals surface area contributed by atoms with E-state index in [1.807, 2.05) is 19.1 Å². The number of likely N-dealkylation sites (tertiary alicyclic amines) is 1. The van der Waals surface area contributed by atoms with E-state index in [1.54, 1.807) is 4.90 Å². The number of rotatable bonds is 5. The summed E-state index contributed by atoms with van der Waals surface area (Å²) in [6, 6.07) is 3.58. The number of amides is 2. The zero-order valence-corrected chi connectivity index (χ0v) is 12.3. The second-order valence-electron chi connectivity index (χ2n) is 5.45. The van der Waals surface area contributed by atoms with Crippen molar-refractivity contribution in [3.63, 3.8) is 0 Å². The van der Waals surface area contributed by atoms with Crippen LogP contribution in [0.15, 0.2) is 16.5 Å². The van der Waals surface area contributed by atoms with Crippen molar-refractivity contribution in [1.82, 2.24) is 10.2 Å². The monoisotopic (exact) mass is 294 g/mol. The third-order valence-electron chi connectivity index (χ3n) is 3.79. The van der Waals surface area contributed by atoms with Crippen LogP contribution in [0.4, 0.5) is 4.79 Å². The first-order valence-electron chi connectivity index (χ1n) is 7.38. The zero-order chi connectivity index (χ0) is 15.2. The summed E-state index contributed by atoms with van der Waals surface area (Å²) in [6.45, 7) is 2.90. The third-order valence-corrected chi connectivity index (χ3v) is 3.79. The molecule has 1 unspecified atom stereocenters. The van der Waals surface area contributed by atoms with Gasteiger partial charge in [0.15, 0.2) is 0 Å². The average Bonchev–Trinajstić information content (AvgIpc) is 2.88. The van der Waals surface area contributed by atoms with E-state index in [0.29, 0.717) is 19.5 Å². The van der Waals surface area contributed by atoms with Gasteiger partial charge < -0.3 is 19.7 Å². The maximum absolute atomic E-state index is 12.3. The summed E-state index contributed by atoms with van der Waals surface area (Å²) in [4.78, 5) is 24.7. The highest BCUT2D eigenvalue weighted by molar-refractivity contribution is 5.74. The molecule has 21 heavy (non-hydrogen) atoms. The molecule has 2 N–H and O–H groups in total. The Kier molecular flexibility index (Phi) is 5.25. The van der Waals surface area contributed by atoms with Crippen LogP contribution in [0.5, 0.6) is 0 Å². The smallest absolute Gasteiger partial charge is 0.318 e. The quantitative estimate of drug-likeness (QED) is 0.874. The van der Waals surface area contributed by atoms with Gasteiger partial charge in [0.2, 0.25) is 0 Å². The number of furan rings is 1. The summed E-state index contributed by atoms with van der Waals surface area (Å²) in [5, 5.41) is 11.6. The first kappa shape index (κ1) is 15.4. The molecule has 1 aliphatic rings. The van der Waals surface area contributed by atoms with Crippen LogP contribution in [-0.2, 0) is 11.3 Å². The van der Waals surface area contributed by atoms with Crippen molar-refractivity contribution in [2.24, 2.45) is 0 Å². The number of nitrogens with one attached hydrogen (secondary N) is 1. The highest BCUT2D eigenvalue weighted by Crippen LogP contribution is 2.21. The fourth-order valence-electron chi connectivity index (χ4n) is 2.70. The van der Waals surface area contributed by atoms with Gasteiger partial charge in [0.05, 0.1) is 6.54 Å². The molecular formula is C15H22N2O4. The van der Waals surface area contributed by atoms with Crippen molar-refractivity contribution >= 4 is 12.0 Å². The predicted molar refractivity (Wildman–Crippen MR) is 76.9 cm³/mol. The van der Waals surface area contributed by atoms with Gasteiger partial charge in [-0.2, -0.15) is 0 Å². The number of carboxylic acids is 1. The summed E-state index contributed by atoms with van der Waals surface area (Å²) in [5.74, 6) is 0.725. The number of aliphatic carboxylic acids is 1. The van der Waals surface area contributed by atoms with Gasteiger partial charge in [0, 0.05) is 19.0 Å². The lowest BCUT2D eigenvalue weighted by Gasteiger charge is -2.35. The van der Waals surface area contributed by atoms with Crippen LogP contribution in [0.3, 0.4) is 0 Å². The minimum absolute atomic E-state index is 0.0215. The third kappa shape index (κ3) is 4.51. The van der Waals surface area contributed by atoms with Crippen LogP contribution in [0.1, 0.15) is 43.6 Å². The Morgan fingerprint density at radius 2 is 2.24 bits per heavy atom. The van der Waals surface area contributed by atoms with Crippen molar-refractivity contribution in [3.8, 4) is 0 Å². The van der Waals surface area contributed by atoms with Crippen LogP contribution in [-0.4, -0.2) is 34.6 Å². The number of carbonyl (C=O) groups excluding carboxylic acids is 1. The van der Waals surface area contributed by atoms with Gasteiger partial charge in [0.1, 0.15) is 11.5 Å². The largest absolute Gasteiger partial charge is 0.481 e. The van der Waals surface area contributed by atoms with Crippen LogP contribution in [0, 0.1) is 6.92 Å². The number of aryl methyl sites for hydroxylation is 1. The number of urea groups is 1. The number of piperidine rings is 1. The molecule has 1 aromatic heterocycles. The number of carbonyl (C=O) groups is 2. The van der Waals surface area contributed by atoms with E-state index in [2.05, 4.69) is 5.32 Å². The fraction of sp³-hybridized carbons (Fsp3) is 0.600. The average molecular weight is 294 g/mol. The van der Waals surface area contributed by atoms with Crippen LogP contribution >= 0.6 is 0 Å². The molecule has 1 aliphatic heterocycles. The maximum atomic E-state index is 12.3. The topological polar surface area (TPSA) is 82.8 Å². The number of nitrogens with zero attached hydrogens (tertiary/aromatic N) is 1. The van der Waals surface area contributed by atoms with Crippen LogP contribution < -0.4 is 5.32 Å². The summed E-state index contributed by atoms with van der Waals surface area (Å²) in [7, 11) is 0. The number of hydrogen-bond donors (Lipinski definition) is 2. The lowest BCUT2D eigenvalue weighted by atomic mass is 9.98. The molecule has 116 valence electrons. The van der Waals surface area contributed by atoms with Gasteiger partial charge in [-0.25, -0.2) is 4.79 Å². The molecule has 1 aromatic rings. The Morgan fingerprint density at radius 3 is 2.90 bits per heavy atom. The Labute approximate surface area is 124 Å². The van der Waals surface area contributed by atoms with Crippen molar-refractivity contribution in [1.29, 1.82) is 0 Å². The van der Waals surface area contributed by atoms with Crippen LogP contribution in [0.25, 0.3) is 0 Å². The molecule has 0 aromatic carbocycles. The maximum Gasteiger partial charge on any atom is 0.318 e. The molecule has 1 atom stereocenters. The van der Waals surface area contributed by atoms with Crippen LogP contribution in [0.2, 0.25) is 0 Å². The normalized spacial score (nSPS) is 18.5.